The van der Waals surface area contributed by atoms with E-state index in [0.29, 0.717) is 5.69 Å². The van der Waals surface area contributed by atoms with E-state index < -0.39 is 15.6 Å². The molecular weight excluding hydrogens is 338 g/mol. The second kappa shape index (κ2) is 7.58. The summed E-state index contributed by atoms with van der Waals surface area (Å²) >= 11 is 0. The van der Waals surface area contributed by atoms with Gasteiger partial charge in [0.1, 0.15) is 0 Å². The Balaban J connectivity index is 2.11. The van der Waals surface area contributed by atoms with Crippen LogP contribution in [-0.4, -0.2) is 24.8 Å². The summed E-state index contributed by atoms with van der Waals surface area (Å²) in [6.45, 7) is 5.29. The first-order chi connectivity index (χ1) is 11.7. The number of amides is 1. The largest absolute Gasteiger partial charge is 0.322 e. The fraction of sp³-hybridized carbons (Fsp3) is 0.222. The van der Waals surface area contributed by atoms with Crippen molar-refractivity contribution >= 4 is 27.7 Å². The van der Waals surface area contributed by atoms with Crippen LogP contribution in [0.5, 0.6) is 0 Å². The molecule has 0 fully saturated rings. The molecule has 132 valence electrons. The molecule has 2 rings (SSSR count). The van der Waals surface area contributed by atoms with Gasteiger partial charge >= 0.3 is 0 Å². The van der Waals surface area contributed by atoms with E-state index in [1.807, 2.05) is 6.07 Å². The highest BCUT2D eigenvalue weighted by Gasteiger charge is 2.22. The number of pyridine rings is 1. The van der Waals surface area contributed by atoms with Crippen LogP contribution in [0.4, 0.5) is 5.69 Å². The lowest BCUT2D eigenvalue weighted by Gasteiger charge is -2.20. The van der Waals surface area contributed by atoms with Crippen LogP contribution in [0.15, 0.2) is 59.8 Å². The van der Waals surface area contributed by atoms with Crippen molar-refractivity contribution < 1.29 is 13.2 Å². The van der Waals surface area contributed by atoms with Gasteiger partial charge in [0.15, 0.2) is 0 Å². The Labute approximate surface area is 148 Å². The molecule has 0 unspecified atom stereocenters. The predicted octanol–water partition coefficient (Wildman–Crippen LogP) is 2.81. The van der Waals surface area contributed by atoms with Crippen molar-refractivity contribution in [3.63, 3.8) is 0 Å². The van der Waals surface area contributed by atoms with E-state index in [0.717, 1.165) is 5.56 Å². The Bertz CT molecular complexity index is 870. The highest BCUT2D eigenvalue weighted by Crippen LogP contribution is 2.17. The van der Waals surface area contributed by atoms with E-state index in [4.69, 9.17) is 0 Å². The number of benzene rings is 1. The molecule has 0 aliphatic heterocycles. The highest BCUT2D eigenvalue weighted by atomic mass is 32.2. The lowest BCUT2D eigenvalue weighted by Crippen LogP contribution is -2.40. The first-order valence-corrected chi connectivity index (χ1v) is 9.17. The molecule has 1 heterocycles. The minimum Gasteiger partial charge on any atom is -0.322 e. The average molecular weight is 359 g/mol. The average Bonchev–Trinajstić information content (AvgIpc) is 2.52. The zero-order chi connectivity index (χ0) is 18.5. The fourth-order valence-electron chi connectivity index (χ4n) is 2.03. The number of carbonyl (C=O) groups is 1. The van der Waals surface area contributed by atoms with Crippen molar-refractivity contribution in [2.24, 2.45) is 0 Å². The van der Waals surface area contributed by atoms with Crippen molar-refractivity contribution in [3.05, 3.63) is 60.4 Å². The number of aromatic nitrogens is 1. The third-order valence-corrected chi connectivity index (χ3v) is 4.72. The first kappa shape index (κ1) is 18.8. The van der Waals surface area contributed by atoms with E-state index >= 15 is 0 Å². The van der Waals surface area contributed by atoms with Crippen LogP contribution in [-0.2, 0) is 14.8 Å². The number of anilines is 1. The van der Waals surface area contributed by atoms with Gasteiger partial charge in [-0.05, 0) is 56.7 Å². The molecule has 1 amide bonds. The summed E-state index contributed by atoms with van der Waals surface area (Å²) in [4.78, 5) is 16.0. The van der Waals surface area contributed by atoms with Gasteiger partial charge in [-0.2, -0.15) is 0 Å². The van der Waals surface area contributed by atoms with Crippen LogP contribution in [0.2, 0.25) is 0 Å². The maximum atomic E-state index is 12.4. The Hall–Kier alpha value is -2.51. The lowest BCUT2D eigenvalue weighted by atomic mass is 10.1. The molecule has 0 aliphatic carbocycles. The molecule has 0 bridgehead atoms. The standard InChI is InChI=1S/C18H21N3O3S/c1-18(2,3)21-25(23,24)16-8-4-7-15(12-16)20-17(22)10-9-14-6-5-11-19-13-14/h4-13,21H,1-3H3,(H,20,22)/b10-9+. The number of hydrogen-bond donors (Lipinski definition) is 2. The third-order valence-electron chi connectivity index (χ3n) is 2.96. The Morgan fingerprint density at radius 2 is 1.92 bits per heavy atom. The molecule has 7 heteroatoms. The van der Waals surface area contributed by atoms with Crippen molar-refractivity contribution in [1.82, 2.24) is 9.71 Å². The van der Waals surface area contributed by atoms with Gasteiger partial charge in [-0.3, -0.25) is 9.78 Å². The van der Waals surface area contributed by atoms with E-state index in [1.165, 1.54) is 18.2 Å². The molecular formula is C18H21N3O3S. The van der Waals surface area contributed by atoms with Crippen molar-refractivity contribution in [1.29, 1.82) is 0 Å². The summed E-state index contributed by atoms with van der Waals surface area (Å²) in [5.74, 6) is -0.359. The normalized spacial score (nSPS) is 12.3. The van der Waals surface area contributed by atoms with Gasteiger partial charge in [0.05, 0.1) is 4.90 Å². The Kier molecular flexibility index (Phi) is 5.71. The maximum absolute atomic E-state index is 12.4. The van der Waals surface area contributed by atoms with Gasteiger partial charge in [-0.25, -0.2) is 13.1 Å². The van der Waals surface area contributed by atoms with Gasteiger partial charge in [-0.1, -0.05) is 12.1 Å². The summed E-state index contributed by atoms with van der Waals surface area (Å²) in [5.41, 5.74) is 0.603. The molecule has 6 nitrogen and oxygen atoms in total. The number of carbonyl (C=O) groups excluding carboxylic acids is 1. The van der Waals surface area contributed by atoms with Crippen LogP contribution in [0.3, 0.4) is 0 Å². The first-order valence-electron chi connectivity index (χ1n) is 7.69. The molecule has 0 atom stereocenters. The van der Waals surface area contributed by atoms with Gasteiger partial charge in [0.2, 0.25) is 15.9 Å². The predicted molar refractivity (Wildman–Crippen MR) is 98.4 cm³/mol. The van der Waals surface area contributed by atoms with Gasteiger partial charge < -0.3 is 5.32 Å². The number of nitrogens with one attached hydrogen (secondary N) is 2. The minimum atomic E-state index is -3.66. The van der Waals surface area contributed by atoms with Crippen molar-refractivity contribution in [2.75, 3.05) is 5.32 Å². The zero-order valence-electron chi connectivity index (χ0n) is 14.4. The molecule has 0 saturated heterocycles. The molecule has 0 saturated carbocycles. The van der Waals surface area contributed by atoms with Crippen LogP contribution >= 0.6 is 0 Å². The molecule has 2 aromatic rings. The molecule has 0 aliphatic rings. The highest BCUT2D eigenvalue weighted by molar-refractivity contribution is 7.89. The monoisotopic (exact) mass is 359 g/mol. The number of nitrogens with zero attached hydrogens (tertiary/aromatic N) is 1. The molecule has 1 aromatic heterocycles. The zero-order valence-corrected chi connectivity index (χ0v) is 15.2. The maximum Gasteiger partial charge on any atom is 0.248 e. The summed E-state index contributed by atoms with van der Waals surface area (Å²) in [6.07, 6.45) is 6.28. The van der Waals surface area contributed by atoms with Crippen LogP contribution in [0.25, 0.3) is 6.08 Å². The third kappa shape index (κ3) is 6.13. The Morgan fingerprint density at radius 1 is 1.16 bits per heavy atom. The topological polar surface area (TPSA) is 88.2 Å². The van der Waals surface area contributed by atoms with E-state index in [1.54, 1.807) is 57.4 Å². The number of sulfonamides is 1. The minimum absolute atomic E-state index is 0.0939. The van der Waals surface area contributed by atoms with Crippen LogP contribution in [0, 0.1) is 0 Å². The molecule has 25 heavy (non-hydrogen) atoms. The van der Waals surface area contributed by atoms with E-state index in [9.17, 15) is 13.2 Å². The SMILES string of the molecule is CC(C)(C)NS(=O)(=O)c1cccc(NC(=O)/C=C/c2cccnc2)c1. The smallest absolute Gasteiger partial charge is 0.248 e. The molecule has 1 aromatic carbocycles. The van der Waals surface area contributed by atoms with E-state index in [-0.39, 0.29) is 10.8 Å². The van der Waals surface area contributed by atoms with Crippen molar-refractivity contribution in [2.45, 2.75) is 31.2 Å². The number of rotatable bonds is 5. The summed E-state index contributed by atoms with van der Waals surface area (Å²) < 4.78 is 27.3. The molecule has 0 radical (unpaired) electrons. The number of hydrogen-bond acceptors (Lipinski definition) is 4. The lowest BCUT2D eigenvalue weighted by molar-refractivity contribution is -0.111. The summed E-state index contributed by atoms with van der Waals surface area (Å²) in [7, 11) is -3.66. The molecule has 0 spiro atoms. The fourth-order valence-corrected chi connectivity index (χ4v) is 3.50. The molecule has 2 N–H and O–H groups in total. The van der Waals surface area contributed by atoms with Gasteiger partial charge in [0.25, 0.3) is 0 Å². The second-order valence-electron chi connectivity index (χ2n) is 6.49. The van der Waals surface area contributed by atoms with Crippen LogP contribution in [0.1, 0.15) is 26.3 Å². The summed E-state index contributed by atoms with van der Waals surface area (Å²) in [6, 6.07) is 9.71. The summed E-state index contributed by atoms with van der Waals surface area (Å²) in [5, 5.41) is 2.65. The van der Waals surface area contributed by atoms with E-state index in [2.05, 4.69) is 15.0 Å². The van der Waals surface area contributed by atoms with Crippen LogP contribution < -0.4 is 10.0 Å². The quantitative estimate of drug-likeness (QED) is 0.804. The van der Waals surface area contributed by atoms with Gasteiger partial charge in [0, 0.05) is 29.7 Å². The Morgan fingerprint density at radius 3 is 2.56 bits per heavy atom. The van der Waals surface area contributed by atoms with Gasteiger partial charge in [-0.15, -0.1) is 0 Å². The van der Waals surface area contributed by atoms with Crippen molar-refractivity contribution in [3.8, 4) is 0 Å². The second-order valence-corrected chi connectivity index (χ2v) is 8.17.